The summed E-state index contributed by atoms with van der Waals surface area (Å²) in [6.45, 7) is 5.95. The van der Waals surface area contributed by atoms with Crippen LogP contribution in [0.15, 0.2) is 23.6 Å². The van der Waals surface area contributed by atoms with Crippen molar-refractivity contribution in [1.29, 1.82) is 0 Å². The highest BCUT2D eigenvalue weighted by Gasteiger charge is 2.25. The van der Waals surface area contributed by atoms with Gasteiger partial charge in [0.25, 0.3) is 5.91 Å². The van der Waals surface area contributed by atoms with E-state index in [1.807, 2.05) is 17.9 Å². The summed E-state index contributed by atoms with van der Waals surface area (Å²) in [5.74, 6) is 1.06. The van der Waals surface area contributed by atoms with Gasteiger partial charge < -0.3 is 14.4 Å². The number of thiazole rings is 1. The minimum Gasteiger partial charge on any atom is -0.493 e. The second kappa shape index (κ2) is 7.84. The van der Waals surface area contributed by atoms with Crippen molar-refractivity contribution in [2.24, 2.45) is 0 Å². The molecule has 0 aliphatic carbocycles. The molecule has 7 heteroatoms. The number of piperazine rings is 1. The maximum Gasteiger partial charge on any atom is 0.257 e. The van der Waals surface area contributed by atoms with Gasteiger partial charge in [-0.2, -0.15) is 0 Å². The predicted octanol–water partition coefficient (Wildman–Crippen LogP) is 2.43. The number of amides is 1. The van der Waals surface area contributed by atoms with Crippen LogP contribution in [0.2, 0.25) is 0 Å². The summed E-state index contributed by atoms with van der Waals surface area (Å²) in [6, 6.07) is 5.40. The molecule has 0 spiro atoms. The summed E-state index contributed by atoms with van der Waals surface area (Å²) in [4.78, 5) is 21.6. The number of benzene rings is 1. The molecule has 1 aromatic heterocycles. The molecule has 1 amide bonds. The number of hydrogen-bond acceptors (Lipinski definition) is 6. The van der Waals surface area contributed by atoms with Gasteiger partial charge in [0.1, 0.15) is 5.01 Å². The van der Waals surface area contributed by atoms with Gasteiger partial charge in [-0.15, -0.1) is 11.3 Å². The Hall–Kier alpha value is -2.12. The van der Waals surface area contributed by atoms with Crippen LogP contribution in [-0.4, -0.2) is 61.1 Å². The first-order chi connectivity index (χ1) is 12.1. The Morgan fingerprint density at radius 1 is 1.20 bits per heavy atom. The Kier molecular flexibility index (Phi) is 5.55. The van der Waals surface area contributed by atoms with E-state index in [4.69, 9.17) is 9.47 Å². The second-order valence-corrected chi connectivity index (χ2v) is 6.93. The molecule has 0 saturated carbocycles. The van der Waals surface area contributed by atoms with Crippen LogP contribution in [-0.2, 0) is 6.54 Å². The minimum absolute atomic E-state index is 0.0134. The number of methoxy groups -OCH3 is 2. The summed E-state index contributed by atoms with van der Waals surface area (Å²) in [5, 5.41) is 3.20. The number of para-hydroxylation sites is 1. The number of aryl methyl sites for hydroxylation is 1. The number of carbonyl (C=O) groups excluding carboxylic acids is 1. The van der Waals surface area contributed by atoms with Gasteiger partial charge in [0.2, 0.25) is 0 Å². The van der Waals surface area contributed by atoms with E-state index < -0.39 is 0 Å². The van der Waals surface area contributed by atoms with E-state index in [9.17, 15) is 4.79 Å². The van der Waals surface area contributed by atoms with Crippen molar-refractivity contribution in [1.82, 2.24) is 14.8 Å². The SMILES string of the molecule is COc1cccc(C(=O)N2CCN(Cc3nc(C)cs3)CC2)c1OC. The molecule has 0 N–H and O–H groups in total. The summed E-state index contributed by atoms with van der Waals surface area (Å²) in [5.41, 5.74) is 1.62. The van der Waals surface area contributed by atoms with E-state index in [0.717, 1.165) is 30.3 Å². The number of ether oxygens (including phenoxy) is 2. The second-order valence-electron chi connectivity index (χ2n) is 5.99. The van der Waals surface area contributed by atoms with Gasteiger partial charge in [0.05, 0.1) is 26.3 Å². The maximum absolute atomic E-state index is 12.9. The van der Waals surface area contributed by atoms with Crippen molar-refractivity contribution in [3.8, 4) is 11.5 Å². The molecular formula is C18H23N3O3S. The molecular weight excluding hydrogens is 338 g/mol. The van der Waals surface area contributed by atoms with Gasteiger partial charge in [-0.05, 0) is 19.1 Å². The summed E-state index contributed by atoms with van der Waals surface area (Å²) >= 11 is 1.69. The lowest BCUT2D eigenvalue weighted by atomic mass is 10.1. The van der Waals surface area contributed by atoms with Crippen molar-refractivity contribution in [2.45, 2.75) is 13.5 Å². The fourth-order valence-corrected chi connectivity index (χ4v) is 3.81. The molecule has 3 rings (SSSR count). The zero-order valence-corrected chi connectivity index (χ0v) is 15.6. The van der Waals surface area contributed by atoms with Crippen LogP contribution in [0.5, 0.6) is 11.5 Å². The molecule has 0 bridgehead atoms. The van der Waals surface area contributed by atoms with Crippen molar-refractivity contribution in [2.75, 3.05) is 40.4 Å². The van der Waals surface area contributed by atoms with E-state index in [1.54, 1.807) is 37.7 Å². The summed E-state index contributed by atoms with van der Waals surface area (Å²) in [7, 11) is 3.13. The Balaban J connectivity index is 1.64. The fraction of sp³-hybridized carbons (Fsp3) is 0.444. The molecule has 0 radical (unpaired) electrons. The van der Waals surface area contributed by atoms with Gasteiger partial charge >= 0.3 is 0 Å². The van der Waals surface area contributed by atoms with E-state index >= 15 is 0 Å². The lowest BCUT2D eigenvalue weighted by Gasteiger charge is -2.34. The maximum atomic E-state index is 12.9. The average Bonchev–Trinajstić information content (AvgIpc) is 3.05. The Labute approximate surface area is 152 Å². The Morgan fingerprint density at radius 2 is 1.96 bits per heavy atom. The molecule has 1 aliphatic rings. The van der Waals surface area contributed by atoms with Crippen LogP contribution in [0.25, 0.3) is 0 Å². The highest BCUT2D eigenvalue weighted by atomic mass is 32.1. The van der Waals surface area contributed by atoms with Crippen molar-refractivity contribution in [3.05, 3.63) is 39.8 Å². The first-order valence-electron chi connectivity index (χ1n) is 8.26. The molecule has 25 heavy (non-hydrogen) atoms. The number of carbonyl (C=O) groups is 1. The van der Waals surface area contributed by atoms with Crippen LogP contribution >= 0.6 is 11.3 Å². The lowest BCUT2D eigenvalue weighted by molar-refractivity contribution is 0.0624. The fourth-order valence-electron chi connectivity index (χ4n) is 3.00. The normalized spacial score (nSPS) is 15.2. The monoisotopic (exact) mass is 361 g/mol. The van der Waals surface area contributed by atoms with E-state index in [0.29, 0.717) is 30.2 Å². The highest BCUT2D eigenvalue weighted by molar-refractivity contribution is 7.09. The first kappa shape index (κ1) is 17.7. The van der Waals surface area contributed by atoms with Gasteiger partial charge in [-0.1, -0.05) is 6.07 Å². The predicted molar refractivity (Wildman–Crippen MR) is 97.6 cm³/mol. The molecule has 0 unspecified atom stereocenters. The number of aromatic nitrogens is 1. The van der Waals surface area contributed by atoms with Crippen LogP contribution in [0.1, 0.15) is 21.1 Å². The quantitative estimate of drug-likeness (QED) is 0.819. The third-order valence-electron chi connectivity index (χ3n) is 4.32. The minimum atomic E-state index is -0.0134. The van der Waals surface area contributed by atoms with Gasteiger partial charge in [-0.3, -0.25) is 9.69 Å². The van der Waals surface area contributed by atoms with Crippen LogP contribution in [0, 0.1) is 6.92 Å². The molecule has 134 valence electrons. The third-order valence-corrected chi connectivity index (χ3v) is 5.27. The standard InChI is InChI=1S/C18H23N3O3S/c1-13-12-25-16(19-13)11-20-7-9-21(10-8-20)18(22)14-5-4-6-15(23-2)17(14)24-3/h4-6,12H,7-11H2,1-3H3. The summed E-state index contributed by atoms with van der Waals surface area (Å²) in [6.07, 6.45) is 0. The largest absolute Gasteiger partial charge is 0.493 e. The van der Waals surface area contributed by atoms with Crippen LogP contribution < -0.4 is 9.47 Å². The smallest absolute Gasteiger partial charge is 0.257 e. The summed E-state index contributed by atoms with van der Waals surface area (Å²) < 4.78 is 10.7. The average molecular weight is 361 g/mol. The zero-order chi connectivity index (χ0) is 17.8. The molecule has 2 aromatic rings. The molecule has 1 aromatic carbocycles. The van der Waals surface area contributed by atoms with Gasteiger partial charge in [0, 0.05) is 37.3 Å². The Morgan fingerprint density at radius 3 is 2.56 bits per heavy atom. The van der Waals surface area contributed by atoms with E-state index in [2.05, 4.69) is 15.3 Å². The highest BCUT2D eigenvalue weighted by Crippen LogP contribution is 2.31. The number of rotatable bonds is 5. The lowest BCUT2D eigenvalue weighted by Crippen LogP contribution is -2.48. The van der Waals surface area contributed by atoms with Crippen LogP contribution in [0.3, 0.4) is 0 Å². The molecule has 6 nitrogen and oxygen atoms in total. The topological polar surface area (TPSA) is 54.9 Å². The van der Waals surface area contributed by atoms with E-state index in [-0.39, 0.29) is 5.91 Å². The number of nitrogens with zero attached hydrogens (tertiary/aromatic N) is 3. The van der Waals surface area contributed by atoms with Crippen molar-refractivity contribution >= 4 is 17.2 Å². The zero-order valence-electron chi connectivity index (χ0n) is 14.8. The van der Waals surface area contributed by atoms with Crippen LogP contribution in [0.4, 0.5) is 0 Å². The molecule has 2 heterocycles. The molecule has 1 fully saturated rings. The van der Waals surface area contributed by atoms with E-state index in [1.165, 1.54) is 0 Å². The van der Waals surface area contributed by atoms with Gasteiger partial charge in [0.15, 0.2) is 11.5 Å². The first-order valence-corrected chi connectivity index (χ1v) is 9.14. The van der Waals surface area contributed by atoms with Crippen molar-refractivity contribution in [3.63, 3.8) is 0 Å². The van der Waals surface area contributed by atoms with Crippen molar-refractivity contribution < 1.29 is 14.3 Å². The molecule has 1 saturated heterocycles. The Bertz CT molecular complexity index is 739. The number of hydrogen-bond donors (Lipinski definition) is 0. The molecule has 0 atom stereocenters. The molecule has 1 aliphatic heterocycles. The van der Waals surface area contributed by atoms with Gasteiger partial charge in [-0.25, -0.2) is 4.98 Å². The third kappa shape index (κ3) is 3.93.